The largest absolute Gasteiger partial charge is 0.391 e. The van der Waals surface area contributed by atoms with Gasteiger partial charge in [-0.2, -0.15) is 0 Å². The molecule has 2 N–H and O–H groups in total. The monoisotopic (exact) mass is 335 g/mol. The second kappa shape index (κ2) is 5.16. The van der Waals surface area contributed by atoms with Gasteiger partial charge in [0.2, 0.25) is 10.0 Å². The Balaban J connectivity index is 1.88. The van der Waals surface area contributed by atoms with Gasteiger partial charge >= 0.3 is 0 Å². The number of hydrogen-bond donors (Lipinski definition) is 2. The normalized spacial score (nSPS) is 35.4. The molecule has 0 aromatic heterocycles. The first kappa shape index (κ1) is 16.7. The van der Waals surface area contributed by atoms with Crippen molar-refractivity contribution < 1.29 is 13.5 Å². The van der Waals surface area contributed by atoms with Crippen LogP contribution in [0.5, 0.6) is 0 Å². The molecule has 4 atom stereocenters. The van der Waals surface area contributed by atoms with E-state index in [1.54, 1.807) is 30.3 Å². The Hall–Kier alpha value is -1.17. The fourth-order valence-electron chi connectivity index (χ4n) is 4.51. The first-order valence-electron chi connectivity index (χ1n) is 8.06. The lowest BCUT2D eigenvalue weighted by Crippen LogP contribution is -2.49. The van der Waals surface area contributed by atoms with Gasteiger partial charge in [-0.3, -0.25) is 0 Å². The van der Waals surface area contributed by atoms with E-state index in [1.807, 2.05) is 0 Å². The first-order chi connectivity index (χ1) is 10.6. The van der Waals surface area contributed by atoms with Crippen LogP contribution in [0.1, 0.15) is 39.2 Å². The Morgan fingerprint density at radius 3 is 2.35 bits per heavy atom. The van der Waals surface area contributed by atoms with E-state index in [0.29, 0.717) is 0 Å². The SMILES string of the molecule is C=Cc1ccc(S(=O)(=O)N[C@H]2C3CC[C@@](C)([C@H]2O)C3(C)C)cc1. The Morgan fingerprint density at radius 2 is 1.87 bits per heavy atom. The molecular weight excluding hydrogens is 310 g/mol. The number of aliphatic hydroxyl groups is 1. The minimum absolute atomic E-state index is 0.0771. The summed E-state index contributed by atoms with van der Waals surface area (Å²) in [6.07, 6.45) is 2.91. The predicted octanol–water partition coefficient (Wildman–Crippen LogP) is 2.79. The smallest absolute Gasteiger partial charge is 0.240 e. The lowest BCUT2D eigenvalue weighted by atomic mass is 9.70. The third-order valence-corrected chi connectivity index (χ3v) is 7.99. The highest BCUT2D eigenvalue weighted by Gasteiger charge is 2.66. The highest BCUT2D eigenvalue weighted by molar-refractivity contribution is 7.89. The van der Waals surface area contributed by atoms with E-state index in [4.69, 9.17) is 0 Å². The van der Waals surface area contributed by atoms with E-state index in [0.717, 1.165) is 18.4 Å². The molecule has 0 aliphatic heterocycles. The van der Waals surface area contributed by atoms with Crippen LogP contribution in [-0.4, -0.2) is 25.7 Å². The number of fused-ring (bicyclic) bond motifs is 2. The second-order valence-electron chi connectivity index (χ2n) is 7.65. The Morgan fingerprint density at radius 1 is 1.26 bits per heavy atom. The van der Waals surface area contributed by atoms with Crippen LogP contribution in [0.15, 0.2) is 35.7 Å². The maximum Gasteiger partial charge on any atom is 0.240 e. The van der Waals surface area contributed by atoms with Crippen LogP contribution in [0.25, 0.3) is 6.08 Å². The van der Waals surface area contributed by atoms with Gasteiger partial charge in [-0.05, 0) is 41.9 Å². The van der Waals surface area contributed by atoms with Crippen LogP contribution in [0.4, 0.5) is 0 Å². The zero-order valence-electron chi connectivity index (χ0n) is 13.9. The molecule has 2 bridgehead atoms. The van der Waals surface area contributed by atoms with Crippen molar-refractivity contribution >= 4 is 16.1 Å². The van der Waals surface area contributed by atoms with Crippen molar-refractivity contribution in [2.75, 3.05) is 0 Å². The molecule has 1 aromatic rings. The molecule has 2 aliphatic carbocycles. The second-order valence-corrected chi connectivity index (χ2v) is 9.36. The van der Waals surface area contributed by atoms with Gasteiger partial charge in [0.25, 0.3) is 0 Å². The number of rotatable bonds is 4. The molecule has 0 radical (unpaired) electrons. The third kappa shape index (κ3) is 2.29. The summed E-state index contributed by atoms with van der Waals surface area (Å²) in [5, 5.41) is 10.7. The highest BCUT2D eigenvalue weighted by Crippen LogP contribution is 2.65. The number of sulfonamides is 1. The van der Waals surface area contributed by atoms with Crippen LogP contribution in [0, 0.1) is 16.7 Å². The molecule has 23 heavy (non-hydrogen) atoms. The molecule has 0 amide bonds. The zero-order chi connectivity index (χ0) is 17.0. The number of nitrogens with one attached hydrogen (secondary N) is 1. The minimum Gasteiger partial charge on any atom is -0.391 e. The van der Waals surface area contributed by atoms with Crippen LogP contribution in [-0.2, 0) is 10.0 Å². The van der Waals surface area contributed by atoms with Crippen molar-refractivity contribution in [2.24, 2.45) is 16.7 Å². The topological polar surface area (TPSA) is 66.4 Å². The molecule has 3 rings (SSSR count). The van der Waals surface area contributed by atoms with E-state index in [2.05, 4.69) is 32.1 Å². The van der Waals surface area contributed by atoms with Gasteiger partial charge in [0.15, 0.2) is 0 Å². The predicted molar refractivity (Wildman–Crippen MR) is 91.3 cm³/mol. The van der Waals surface area contributed by atoms with Crippen molar-refractivity contribution in [3.05, 3.63) is 36.4 Å². The Bertz CT molecular complexity index is 723. The van der Waals surface area contributed by atoms with Crippen molar-refractivity contribution in [3.8, 4) is 0 Å². The quantitative estimate of drug-likeness (QED) is 0.889. The molecule has 126 valence electrons. The van der Waals surface area contributed by atoms with Gasteiger partial charge in [-0.1, -0.05) is 45.6 Å². The molecule has 2 fully saturated rings. The van der Waals surface area contributed by atoms with Crippen LogP contribution >= 0.6 is 0 Å². The lowest BCUT2D eigenvalue weighted by Gasteiger charge is -2.37. The molecule has 1 unspecified atom stereocenters. The van der Waals surface area contributed by atoms with Crippen LogP contribution in [0.2, 0.25) is 0 Å². The Kier molecular flexibility index (Phi) is 3.74. The van der Waals surface area contributed by atoms with E-state index in [-0.39, 0.29) is 21.6 Å². The van der Waals surface area contributed by atoms with Crippen LogP contribution in [0.3, 0.4) is 0 Å². The number of aliphatic hydroxyl groups excluding tert-OH is 1. The fraction of sp³-hybridized carbons (Fsp3) is 0.556. The van der Waals surface area contributed by atoms with E-state index in [1.165, 1.54) is 0 Å². The van der Waals surface area contributed by atoms with Crippen LogP contribution < -0.4 is 4.72 Å². The minimum atomic E-state index is -3.65. The summed E-state index contributed by atoms with van der Waals surface area (Å²) < 4.78 is 28.1. The molecule has 0 saturated heterocycles. The molecule has 2 saturated carbocycles. The van der Waals surface area contributed by atoms with Gasteiger partial charge in [0, 0.05) is 5.41 Å². The molecular formula is C18H25NO3S. The Labute approximate surface area is 138 Å². The van der Waals surface area contributed by atoms with Gasteiger partial charge in [-0.25, -0.2) is 13.1 Å². The number of hydrogen-bond acceptors (Lipinski definition) is 3. The summed E-state index contributed by atoms with van der Waals surface area (Å²) in [6, 6.07) is 6.18. The molecule has 0 heterocycles. The van der Waals surface area contributed by atoms with E-state index in [9.17, 15) is 13.5 Å². The average molecular weight is 335 g/mol. The van der Waals surface area contributed by atoms with E-state index < -0.39 is 22.2 Å². The first-order valence-corrected chi connectivity index (χ1v) is 9.55. The van der Waals surface area contributed by atoms with Gasteiger partial charge in [0.1, 0.15) is 0 Å². The summed E-state index contributed by atoms with van der Waals surface area (Å²) in [5.41, 5.74) is 0.557. The van der Waals surface area contributed by atoms with Crippen molar-refractivity contribution in [1.29, 1.82) is 0 Å². The number of benzene rings is 1. The molecule has 2 aliphatic rings. The third-order valence-electron chi connectivity index (χ3n) is 6.52. The molecule has 4 nitrogen and oxygen atoms in total. The zero-order valence-corrected chi connectivity index (χ0v) is 14.7. The van der Waals surface area contributed by atoms with Crippen molar-refractivity contribution in [1.82, 2.24) is 4.72 Å². The van der Waals surface area contributed by atoms with Crippen molar-refractivity contribution in [2.45, 2.75) is 50.7 Å². The highest BCUT2D eigenvalue weighted by atomic mass is 32.2. The van der Waals surface area contributed by atoms with Gasteiger partial charge in [0.05, 0.1) is 17.0 Å². The lowest BCUT2D eigenvalue weighted by molar-refractivity contribution is 0.00348. The molecule has 1 aromatic carbocycles. The summed E-state index contributed by atoms with van der Waals surface area (Å²) >= 11 is 0. The molecule has 0 spiro atoms. The summed E-state index contributed by atoms with van der Waals surface area (Å²) in [5.74, 6) is 0.157. The summed E-state index contributed by atoms with van der Waals surface area (Å²) in [6.45, 7) is 10.0. The fourth-order valence-corrected chi connectivity index (χ4v) is 5.79. The summed E-state index contributed by atoms with van der Waals surface area (Å²) in [7, 11) is -3.65. The molecule has 5 heteroatoms. The van der Waals surface area contributed by atoms with Crippen molar-refractivity contribution in [3.63, 3.8) is 0 Å². The van der Waals surface area contributed by atoms with Gasteiger partial charge in [-0.15, -0.1) is 0 Å². The maximum absolute atomic E-state index is 12.7. The van der Waals surface area contributed by atoms with Gasteiger partial charge < -0.3 is 5.11 Å². The maximum atomic E-state index is 12.7. The summed E-state index contributed by atoms with van der Waals surface area (Å²) in [4.78, 5) is 0.223. The average Bonchev–Trinajstić information content (AvgIpc) is 2.81. The van der Waals surface area contributed by atoms with E-state index >= 15 is 0 Å². The standard InChI is InChI=1S/C18H25NO3S/c1-5-12-6-8-13(9-7-12)23(21,22)19-15-14-10-11-18(4,16(15)20)17(14,2)3/h5-9,14-16,19-20H,1,10-11H2,2-4H3/t14?,15-,16-,18-/m0/s1.